The summed E-state index contributed by atoms with van der Waals surface area (Å²) in [6.07, 6.45) is 0.955. The molecule has 0 bridgehead atoms. The summed E-state index contributed by atoms with van der Waals surface area (Å²) in [6, 6.07) is 9.22. The molecule has 24 heavy (non-hydrogen) atoms. The van der Waals surface area contributed by atoms with Crippen molar-refractivity contribution >= 4 is 17.8 Å². The van der Waals surface area contributed by atoms with E-state index in [9.17, 15) is 14.4 Å². The number of nitrogens with zero attached hydrogens (tertiary/aromatic N) is 1. The third-order valence-electron chi connectivity index (χ3n) is 4.10. The Kier molecular flexibility index (Phi) is 6.35. The first kappa shape index (κ1) is 18.0. The topological polar surface area (TPSA) is 75.7 Å². The molecule has 0 saturated carbocycles. The van der Waals surface area contributed by atoms with E-state index in [1.54, 1.807) is 18.7 Å². The fourth-order valence-corrected chi connectivity index (χ4v) is 2.73. The van der Waals surface area contributed by atoms with E-state index in [1.165, 1.54) is 0 Å². The number of likely N-dealkylation sites (tertiary alicyclic amines) is 1. The van der Waals surface area contributed by atoms with Crippen molar-refractivity contribution in [2.24, 2.45) is 5.92 Å². The number of carbonyl (C=O) groups is 3. The molecule has 6 heteroatoms. The van der Waals surface area contributed by atoms with Crippen LogP contribution in [0.5, 0.6) is 0 Å². The summed E-state index contributed by atoms with van der Waals surface area (Å²) in [6.45, 7) is 4.56. The van der Waals surface area contributed by atoms with Gasteiger partial charge in [-0.2, -0.15) is 0 Å². The molecule has 1 fully saturated rings. The highest BCUT2D eigenvalue weighted by atomic mass is 16.5. The fourth-order valence-electron chi connectivity index (χ4n) is 2.73. The molecule has 0 unspecified atom stereocenters. The number of hydrogen-bond acceptors (Lipinski definition) is 4. The molecule has 6 nitrogen and oxygen atoms in total. The molecule has 2 atom stereocenters. The molecule has 2 amide bonds. The molecule has 1 aromatic carbocycles. The van der Waals surface area contributed by atoms with Crippen LogP contribution in [0.4, 0.5) is 0 Å². The van der Waals surface area contributed by atoms with Gasteiger partial charge in [-0.25, -0.2) is 4.79 Å². The van der Waals surface area contributed by atoms with E-state index in [4.69, 9.17) is 4.74 Å². The van der Waals surface area contributed by atoms with E-state index in [-0.39, 0.29) is 24.8 Å². The molecule has 0 aliphatic carbocycles. The summed E-state index contributed by atoms with van der Waals surface area (Å²) < 4.78 is 4.87. The fraction of sp³-hybridized carbons (Fsp3) is 0.500. The van der Waals surface area contributed by atoms with Gasteiger partial charge < -0.3 is 15.0 Å². The lowest BCUT2D eigenvalue weighted by atomic mass is 10.1. The second-order valence-electron chi connectivity index (χ2n) is 5.96. The maximum absolute atomic E-state index is 12.2. The summed E-state index contributed by atoms with van der Waals surface area (Å²) >= 11 is 0. The third kappa shape index (κ3) is 4.81. The van der Waals surface area contributed by atoms with Gasteiger partial charge in [-0.05, 0) is 25.8 Å². The van der Waals surface area contributed by atoms with Gasteiger partial charge in [-0.15, -0.1) is 0 Å². The van der Waals surface area contributed by atoms with Crippen LogP contribution in [0.3, 0.4) is 0 Å². The van der Waals surface area contributed by atoms with Gasteiger partial charge in [0.2, 0.25) is 11.8 Å². The molecular formula is C18H24N2O4. The van der Waals surface area contributed by atoms with Crippen molar-refractivity contribution in [1.82, 2.24) is 10.2 Å². The van der Waals surface area contributed by atoms with E-state index in [1.807, 2.05) is 30.3 Å². The highest BCUT2D eigenvalue weighted by molar-refractivity contribution is 5.91. The lowest BCUT2D eigenvalue weighted by Crippen LogP contribution is -2.43. The number of hydrogen-bond donors (Lipinski definition) is 1. The van der Waals surface area contributed by atoms with Crippen LogP contribution in [-0.2, 0) is 25.5 Å². The van der Waals surface area contributed by atoms with Gasteiger partial charge >= 0.3 is 5.97 Å². The Morgan fingerprint density at radius 1 is 1.33 bits per heavy atom. The molecule has 1 N–H and O–H groups in total. The number of nitrogens with one attached hydrogen (secondary N) is 1. The molecular weight excluding hydrogens is 308 g/mol. The van der Waals surface area contributed by atoms with Crippen LogP contribution in [0.15, 0.2) is 30.3 Å². The average Bonchev–Trinajstić information content (AvgIpc) is 2.95. The van der Waals surface area contributed by atoms with Crippen LogP contribution < -0.4 is 5.32 Å². The van der Waals surface area contributed by atoms with Gasteiger partial charge in [0.25, 0.3) is 0 Å². The van der Waals surface area contributed by atoms with Gasteiger partial charge in [-0.3, -0.25) is 9.59 Å². The summed E-state index contributed by atoms with van der Waals surface area (Å²) in [5, 5.41) is 2.63. The number of benzene rings is 1. The lowest BCUT2D eigenvalue weighted by Gasteiger charge is -2.18. The van der Waals surface area contributed by atoms with Crippen LogP contribution in [0.1, 0.15) is 25.8 Å². The third-order valence-corrected chi connectivity index (χ3v) is 4.10. The van der Waals surface area contributed by atoms with E-state index < -0.39 is 17.9 Å². The Morgan fingerprint density at radius 3 is 2.71 bits per heavy atom. The van der Waals surface area contributed by atoms with Crippen molar-refractivity contribution in [3.05, 3.63) is 35.9 Å². The summed E-state index contributed by atoms with van der Waals surface area (Å²) in [4.78, 5) is 37.6. The monoisotopic (exact) mass is 332 g/mol. The van der Waals surface area contributed by atoms with E-state index in [0.717, 1.165) is 12.0 Å². The van der Waals surface area contributed by atoms with Gasteiger partial charge in [0, 0.05) is 19.5 Å². The molecule has 0 radical (unpaired) electrons. The lowest BCUT2D eigenvalue weighted by molar-refractivity contribution is -0.147. The first-order valence-electron chi connectivity index (χ1n) is 8.30. The molecule has 1 aromatic rings. The number of ether oxygens (including phenoxy) is 1. The molecule has 0 aromatic heterocycles. The number of amides is 2. The Hall–Kier alpha value is -2.37. The van der Waals surface area contributed by atoms with E-state index in [2.05, 4.69) is 5.32 Å². The average molecular weight is 332 g/mol. The van der Waals surface area contributed by atoms with Crippen LogP contribution in [0.25, 0.3) is 0 Å². The first-order valence-corrected chi connectivity index (χ1v) is 8.30. The van der Waals surface area contributed by atoms with Gasteiger partial charge in [0.05, 0.1) is 12.5 Å². The Labute approximate surface area is 142 Å². The minimum Gasteiger partial charge on any atom is -0.464 e. The quantitative estimate of drug-likeness (QED) is 0.760. The van der Waals surface area contributed by atoms with Crippen molar-refractivity contribution in [1.29, 1.82) is 0 Å². The van der Waals surface area contributed by atoms with Crippen molar-refractivity contribution in [2.75, 3.05) is 19.7 Å². The van der Waals surface area contributed by atoms with Crippen LogP contribution in [0, 0.1) is 5.92 Å². The van der Waals surface area contributed by atoms with Crippen LogP contribution in [0.2, 0.25) is 0 Å². The normalized spacial score (nSPS) is 18.3. The van der Waals surface area contributed by atoms with E-state index >= 15 is 0 Å². The minimum atomic E-state index is -0.703. The van der Waals surface area contributed by atoms with Crippen molar-refractivity contribution in [3.63, 3.8) is 0 Å². The first-order chi connectivity index (χ1) is 11.5. The second-order valence-corrected chi connectivity index (χ2v) is 5.96. The molecule has 2 rings (SSSR count). The van der Waals surface area contributed by atoms with E-state index in [0.29, 0.717) is 13.1 Å². The number of carbonyl (C=O) groups excluding carboxylic acids is 3. The Balaban J connectivity index is 1.82. The zero-order valence-electron chi connectivity index (χ0n) is 14.2. The molecule has 1 aliphatic heterocycles. The van der Waals surface area contributed by atoms with Crippen LogP contribution >= 0.6 is 0 Å². The van der Waals surface area contributed by atoms with Gasteiger partial charge in [0.1, 0.15) is 6.04 Å². The van der Waals surface area contributed by atoms with Gasteiger partial charge in [0.15, 0.2) is 0 Å². The number of rotatable bonds is 7. The van der Waals surface area contributed by atoms with Crippen molar-refractivity contribution in [3.8, 4) is 0 Å². The second kappa shape index (κ2) is 8.47. The largest absolute Gasteiger partial charge is 0.464 e. The maximum atomic E-state index is 12.2. The van der Waals surface area contributed by atoms with Crippen molar-refractivity contribution in [2.45, 2.75) is 32.7 Å². The molecule has 1 aliphatic rings. The SMILES string of the molecule is CCOC(=O)[C@@H](C)NC(=O)[C@H]1CC(=O)N(CCc2ccccc2)C1. The smallest absolute Gasteiger partial charge is 0.328 e. The summed E-state index contributed by atoms with van der Waals surface area (Å²) in [7, 11) is 0. The zero-order chi connectivity index (χ0) is 17.5. The predicted molar refractivity (Wildman–Crippen MR) is 89.1 cm³/mol. The standard InChI is InChI=1S/C18H24N2O4/c1-3-24-18(23)13(2)19-17(22)15-11-16(21)20(12-15)10-9-14-7-5-4-6-8-14/h4-8,13,15H,3,9-12H2,1-2H3,(H,19,22)/t13-,15+/m1/s1. The summed E-state index contributed by atoms with van der Waals surface area (Å²) in [5.41, 5.74) is 1.16. The van der Waals surface area contributed by atoms with Crippen LogP contribution in [-0.4, -0.2) is 48.4 Å². The van der Waals surface area contributed by atoms with Crippen molar-refractivity contribution < 1.29 is 19.1 Å². The number of esters is 1. The maximum Gasteiger partial charge on any atom is 0.328 e. The highest BCUT2D eigenvalue weighted by Crippen LogP contribution is 2.18. The minimum absolute atomic E-state index is 0.0186. The molecule has 130 valence electrons. The van der Waals surface area contributed by atoms with Gasteiger partial charge in [-0.1, -0.05) is 30.3 Å². The highest BCUT2D eigenvalue weighted by Gasteiger charge is 2.35. The zero-order valence-corrected chi connectivity index (χ0v) is 14.2. The molecule has 0 spiro atoms. The molecule has 1 heterocycles. The summed E-state index contributed by atoms with van der Waals surface area (Å²) in [5.74, 6) is -1.16. The Bertz CT molecular complexity index is 588. The predicted octanol–water partition coefficient (Wildman–Crippen LogP) is 1.15. The Morgan fingerprint density at radius 2 is 2.04 bits per heavy atom. The molecule has 1 saturated heterocycles.